The molecule has 0 N–H and O–H groups in total. The highest BCUT2D eigenvalue weighted by molar-refractivity contribution is 5.98. The molecule has 0 saturated heterocycles. The summed E-state index contributed by atoms with van der Waals surface area (Å²) in [4.78, 5) is 0. The number of nitrogens with zero attached hydrogens (tertiary/aromatic N) is 2. The molecule has 0 aliphatic heterocycles. The largest absolute Gasteiger partial charge is 0.213 e. The molecule has 152 valence electrons. The SMILES string of the molecule is CCCCC[n+]1ccc2c(c1)C(C)(C)c1c[n+](CCCCC)c3ccccc3c1-2. The number of aromatic nitrogens is 2. The van der Waals surface area contributed by atoms with Crippen LogP contribution in [0.15, 0.2) is 48.9 Å². The molecule has 2 heterocycles. The Morgan fingerprint density at radius 1 is 0.793 bits per heavy atom. The average molecular weight is 389 g/mol. The van der Waals surface area contributed by atoms with E-state index in [1.807, 2.05) is 0 Å². The molecule has 2 aromatic heterocycles. The second kappa shape index (κ2) is 8.26. The summed E-state index contributed by atoms with van der Waals surface area (Å²) in [6.45, 7) is 11.6. The summed E-state index contributed by atoms with van der Waals surface area (Å²) in [5.41, 5.74) is 7.24. The molecule has 0 saturated carbocycles. The first kappa shape index (κ1) is 20.1. The highest BCUT2D eigenvalue weighted by Gasteiger charge is 2.41. The fourth-order valence-electron chi connectivity index (χ4n) is 4.93. The Hall–Kier alpha value is -2.22. The van der Waals surface area contributed by atoms with E-state index in [1.54, 1.807) is 0 Å². The molecule has 0 spiro atoms. The van der Waals surface area contributed by atoms with Gasteiger partial charge in [0, 0.05) is 47.1 Å². The van der Waals surface area contributed by atoms with Crippen molar-refractivity contribution >= 4 is 10.9 Å². The minimum Gasteiger partial charge on any atom is -0.205 e. The molecular formula is C27H36N2+2. The van der Waals surface area contributed by atoms with E-state index < -0.39 is 0 Å². The van der Waals surface area contributed by atoms with Gasteiger partial charge in [-0.15, -0.1) is 0 Å². The molecule has 1 aromatic carbocycles. The quantitative estimate of drug-likeness (QED) is 0.325. The number of fused-ring (bicyclic) bond motifs is 5. The van der Waals surface area contributed by atoms with Gasteiger partial charge >= 0.3 is 0 Å². The van der Waals surface area contributed by atoms with Crippen molar-refractivity contribution < 1.29 is 9.13 Å². The van der Waals surface area contributed by atoms with Gasteiger partial charge in [-0.2, -0.15) is 4.57 Å². The molecule has 1 aliphatic carbocycles. The summed E-state index contributed by atoms with van der Waals surface area (Å²) in [5.74, 6) is 0. The van der Waals surface area contributed by atoms with Crippen LogP contribution in [0.2, 0.25) is 0 Å². The van der Waals surface area contributed by atoms with Gasteiger partial charge in [0.1, 0.15) is 13.1 Å². The lowest BCUT2D eigenvalue weighted by Gasteiger charge is -2.19. The zero-order chi connectivity index (χ0) is 20.4. The molecule has 2 heteroatoms. The first-order chi connectivity index (χ1) is 14.1. The standard InChI is InChI=1S/C27H36N2/c1-5-7-11-16-28-18-15-21-23(19-28)27(3,4)24-20-29(17-12-8-6-2)25-14-10-9-13-22(25)26(21)24/h9-10,13-15,18-20H,5-8,11-12,16-17H2,1-4H3/q+2. The molecule has 3 aromatic rings. The molecule has 0 bridgehead atoms. The zero-order valence-corrected chi connectivity index (χ0v) is 18.7. The smallest absolute Gasteiger partial charge is 0.205 e. The third-order valence-corrected chi connectivity index (χ3v) is 6.69. The second-order valence-corrected chi connectivity index (χ2v) is 9.18. The van der Waals surface area contributed by atoms with Gasteiger partial charge in [-0.3, -0.25) is 0 Å². The Morgan fingerprint density at radius 2 is 1.52 bits per heavy atom. The minimum atomic E-state index is 0.0367. The lowest BCUT2D eigenvalue weighted by Crippen LogP contribution is -2.37. The molecule has 4 rings (SSSR count). The second-order valence-electron chi connectivity index (χ2n) is 9.18. The van der Waals surface area contributed by atoms with Crippen molar-refractivity contribution in [1.82, 2.24) is 0 Å². The van der Waals surface area contributed by atoms with Crippen LogP contribution < -0.4 is 9.13 Å². The molecular weight excluding hydrogens is 352 g/mol. The Morgan fingerprint density at radius 3 is 2.28 bits per heavy atom. The highest BCUT2D eigenvalue weighted by atomic mass is 15.0. The first-order valence-corrected chi connectivity index (χ1v) is 11.6. The predicted molar refractivity (Wildman–Crippen MR) is 121 cm³/mol. The van der Waals surface area contributed by atoms with Crippen molar-refractivity contribution in [2.75, 3.05) is 0 Å². The van der Waals surface area contributed by atoms with Crippen LogP contribution in [-0.2, 0) is 18.5 Å². The van der Waals surface area contributed by atoms with Gasteiger partial charge < -0.3 is 0 Å². The van der Waals surface area contributed by atoms with Crippen LogP contribution in [0, 0.1) is 0 Å². The van der Waals surface area contributed by atoms with Gasteiger partial charge in [0.05, 0.1) is 5.39 Å². The third kappa shape index (κ3) is 3.58. The predicted octanol–water partition coefficient (Wildman–Crippen LogP) is 6.10. The first-order valence-electron chi connectivity index (χ1n) is 11.6. The van der Waals surface area contributed by atoms with Gasteiger partial charge in [-0.1, -0.05) is 52.7 Å². The molecule has 29 heavy (non-hydrogen) atoms. The molecule has 1 aliphatic rings. The molecule has 0 radical (unpaired) electrons. The van der Waals surface area contributed by atoms with E-state index in [9.17, 15) is 0 Å². The summed E-state index contributed by atoms with van der Waals surface area (Å²) in [5, 5.41) is 1.40. The normalized spacial score (nSPS) is 14.2. The van der Waals surface area contributed by atoms with E-state index in [4.69, 9.17) is 0 Å². The van der Waals surface area contributed by atoms with Gasteiger partial charge in [0.15, 0.2) is 18.6 Å². The number of aryl methyl sites for hydroxylation is 2. The van der Waals surface area contributed by atoms with Crippen LogP contribution >= 0.6 is 0 Å². The summed E-state index contributed by atoms with van der Waals surface area (Å²) in [6.07, 6.45) is 14.8. The van der Waals surface area contributed by atoms with E-state index in [0.717, 1.165) is 13.1 Å². The third-order valence-electron chi connectivity index (χ3n) is 6.69. The van der Waals surface area contributed by atoms with Crippen LogP contribution in [-0.4, -0.2) is 0 Å². The number of benzene rings is 1. The van der Waals surface area contributed by atoms with Crippen molar-refractivity contribution in [2.45, 2.75) is 84.7 Å². The molecule has 0 atom stereocenters. The van der Waals surface area contributed by atoms with E-state index in [0.29, 0.717) is 0 Å². The number of unbranched alkanes of at least 4 members (excludes halogenated alkanes) is 4. The Balaban J connectivity index is 1.83. The van der Waals surface area contributed by atoms with Gasteiger partial charge in [-0.05, 0) is 24.5 Å². The summed E-state index contributed by atoms with van der Waals surface area (Å²) in [7, 11) is 0. The fraction of sp³-hybridized carbons (Fsp3) is 0.481. The van der Waals surface area contributed by atoms with E-state index in [1.165, 1.54) is 71.7 Å². The fourth-order valence-corrected chi connectivity index (χ4v) is 4.93. The topological polar surface area (TPSA) is 7.76 Å². The van der Waals surface area contributed by atoms with Crippen molar-refractivity contribution in [1.29, 1.82) is 0 Å². The van der Waals surface area contributed by atoms with Crippen LogP contribution in [0.1, 0.15) is 77.3 Å². The maximum Gasteiger partial charge on any atom is 0.213 e. The van der Waals surface area contributed by atoms with Crippen LogP contribution in [0.4, 0.5) is 0 Å². The lowest BCUT2D eigenvalue weighted by molar-refractivity contribution is -0.697. The zero-order valence-electron chi connectivity index (χ0n) is 18.7. The Labute approximate surface area is 176 Å². The van der Waals surface area contributed by atoms with Crippen molar-refractivity contribution in [3.63, 3.8) is 0 Å². The maximum absolute atomic E-state index is 2.51. The molecule has 2 nitrogen and oxygen atoms in total. The molecule has 0 unspecified atom stereocenters. The molecule has 0 amide bonds. The van der Waals surface area contributed by atoms with Gasteiger partial charge in [0.2, 0.25) is 5.52 Å². The van der Waals surface area contributed by atoms with Crippen LogP contribution in [0.3, 0.4) is 0 Å². The number of rotatable bonds is 8. The summed E-state index contributed by atoms with van der Waals surface area (Å²) >= 11 is 0. The number of para-hydroxylation sites is 1. The van der Waals surface area contributed by atoms with Crippen LogP contribution in [0.5, 0.6) is 0 Å². The van der Waals surface area contributed by atoms with Crippen LogP contribution in [0.25, 0.3) is 22.0 Å². The number of hydrogen-bond acceptors (Lipinski definition) is 0. The number of pyridine rings is 2. The van der Waals surface area contributed by atoms with E-state index in [-0.39, 0.29) is 5.41 Å². The maximum atomic E-state index is 2.51. The monoisotopic (exact) mass is 388 g/mol. The van der Waals surface area contributed by atoms with E-state index in [2.05, 4.69) is 85.8 Å². The van der Waals surface area contributed by atoms with Crippen molar-refractivity contribution in [3.8, 4) is 11.1 Å². The van der Waals surface area contributed by atoms with E-state index >= 15 is 0 Å². The Kier molecular flexibility index (Phi) is 5.72. The van der Waals surface area contributed by atoms with Crippen molar-refractivity contribution in [3.05, 3.63) is 60.0 Å². The average Bonchev–Trinajstić information content (AvgIpc) is 2.95. The summed E-state index contributed by atoms with van der Waals surface area (Å²) in [6, 6.07) is 11.3. The number of hydrogen-bond donors (Lipinski definition) is 0. The lowest BCUT2D eigenvalue weighted by atomic mass is 9.83. The van der Waals surface area contributed by atoms with Crippen molar-refractivity contribution in [2.24, 2.45) is 0 Å². The van der Waals surface area contributed by atoms with Gasteiger partial charge in [0.25, 0.3) is 0 Å². The summed E-state index contributed by atoms with van der Waals surface area (Å²) < 4.78 is 4.91. The highest BCUT2D eigenvalue weighted by Crippen LogP contribution is 2.49. The minimum absolute atomic E-state index is 0.0367. The Bertz CT molecular complexity index is 1020. The molecule has 0 fully saturated rings. The van der Waals surface area contributed by atoms with Gasteiger partial charge in [-0.25, -0.2) is 4.57 Å².